The Hall–Kier alpha value is -2.74. The van der Waals surface area contributed by atoms with Crippen molar-refractivity contribution >= 4 is 22.6 Å². The predicted molar refractivity (Wildman–Crippen MR) is 91.3 cm³/mol. The van der Waals surface area contributed by atoms with E-state index in [4.69, 9.17) is 0 Å². The number of rotatable bonds is 1. The van der Waals surface area contributed by atoms with Crippen LogP contribution < -0.4 is 5.56 Å². The first kappa shape index (κ1) is 15.8. The number of carbonyl (C=O) groups excluding carboxylic acids is 2. The Morgan fingerprint density at radius 2 is 1.84 bits per heavy atom. The van der Waals surface area contributed by atoms with Crippen molar-refractivity contribution in [3.05, 3.63) is 40.3 Å². The number of benzene rings is 1. The molecule has 0 unspecified atom stereocenters. The fraction of sp³-hybridized carbons (Fsp3) is 0.412. The average Bonchev–Trinajstić information content (AvgIpc) is 2.65. The second kappa shape index (κ2) is 5.96. The van der Waals surface area contributed by atoms with Crippen LogP contribution in [0.4, 0.5) is 0 Å². The zero-order valence-electron chi connectivity index (χ0n) is 13.9. The van der Waals surface area contributed by atoms with E-state index in [0.717, 1.165) is 13.1 Å². The van der Waals surface area contributed by atoms with E-state index in [1.54, 1.807) is 41.1 Å². The molecule has 0 saturated carbocycles. The van der Waals surface area contributed by atoms with E-state index in [1.807, 2.05) is 0 Å². The van der Waals surface area contributed by atoms with Gasteiger partial charge in [0.15, 0.2) is 5.69 Å². The maximum atomic E-state index is 13.0. The van der Waals surface area contributed by atoms with Gasteiger partial charge in [0.25, 0.3) is 11.5 Å². The Labute approximate surface area is 144 Å². The summed E-state index contributed by atoms with van der Waals surface area (Å²) in [6.45, 7) is 3.10. The molecule has 2 saturated heterocycles. The van der Waals surface area contributed by atoms with Gasteiger partial charge in [0.05, 0.1) is 5.39 Å². The van der Waals surface area contributed by atoms with E-state index >= 15 is 0 Å². The molecule has 1 atom stereocenters. The molecule has 1 N–H and O–H groups in total. The summed E-state index contributed by atoms with van der Waals surface area (Å²) in [7, 11) is 1.79. The molecule has 2 amide bonds. The number of hydrogen-bond acceptors (Lipinski definition) is 5. The van der Waals surface area contributed by atoms with Crippen molar-refractivity contribution in [3.8, 4) is 0 Å². The van der Waals surface area contributed by atoms with Gasteiger partial charge in [-0.05, 0) is 6.07 Å². The molecule has 2 aromatic rings. The molecular formula is C17H19N5O3. The predicted octanol–water partition coefficient (Wildman–Crippen LogP) is -0.478. The molecule has 8 heteroatoms. The van der Waals surface area contributed by atoms with E-state index in [9.17, 15) is 14.4 Å². The number of nitrogens with one attached hydrogen (secondary N) is 1. The Morgan fingerprint density at radius 3 is 2.64 bits per heavy atom. The van der Waals surface area contributed by atoms with Gasteiger partial charge in [0, 0.05) is 45.2 Å². The molecule has 3 heterocycles. The highest BCUT2D eigenvalue weighted by molar-refractivity contribution is 6.05. The SMILES string of the molecule is CN1CCN2CCN(C(=O)c3n[nH]c(=O)c4ccccc34)C[C@@H]2C1=O. The van der Waals surface area contributed by atoms with Gasteiger partial charge in [0.1, 0.15) is 6.04 Å². The minimum absolute atomic E-state index is 0.0445. The van der Waals surface area contributed by atoms with E-state index in [2.05, 4.69) is 15.1 Å². The van der Waals surface area contributed by atoms with Crippen LogP contribution in [0.2, 0.25) is 0 Å². The Balaban J connectivity index is 1.65. The summed E-state index contributed by atoms with van der Waals surface area (Å²) < 4.78 is 0. The first-order chi connectivity index (χ1) is 12.1. The van der Waals surface area contributed by atoms with Crippen LogP contribution in [0, 0.1) is 0 Å². The Morgan fingerprint density at radius 1 is 1.12 bits per heavy atom. The van der Waals surface area contributed by atoms with Crippen molar-refractivity contribution in [3.63, 3.8) is 0 Å². The van der Waals surface area contributed by atoms with Crippen molar-refractivity contribution in [1.29, 1.82) is 0 Å². The highest BCUT2D eigenvalue weighted by atomic mass is 16.2. The quantitative estimate of drug-likeness (QED) is 0.757. The fourth-order valence-electron chi connectivity index (χ4n) is 3.58. The van der Waals surface area contributed by atoms with Crippen LogP contribution in [-0.4, -0.2) is 82.5 Å². The summed E-state index contributed by atoms with van der Waals surface area (Å²) in [6.07, 6.45) is 0. The molecule has 25 heavy (non-hydrogen) atoms. The van der Waals surface area contributed by atoms with Crippen LogP contribution in [0.25, 0.3) is 10.8 Å². The number of H-pyrrole nitrogens is 1. The average molecular weight is 341 g/mol. The fourth-order valence-corrected chi connectivity index (χ4v) is 3.58. The maximum Gasteiger partial charge on any atom is 0.275 e. The number of amides is 2. The third-order valence-corrected chi connectivity index (χ3v) is 5.06. The number of piperazine rings is 2. The third-order valence-electron chi connectivity index (χ3n) is 5.06. The molecule has 8 nitrogen and oxygen atoms in total. The molecule has 130 valence electrons. The van der Waals surface area contributed by atoms with E-state index in [0.29, 0.717) is 30.4 Å². The minimum atomic E-state index is -0.318. The molecule has 2 fully saturated rings. The molecular weight excluding hydrogens is 322 g/mol. The lowest BCUT2D eigenvalue weighted by molar-refractivity contribution is -0.142. The number of carbonyl (C=O) groups is 2. The van der Waals surface area contributed by atoms with Gasteiger partial charge in [-0.3, -0.25) is 19.3 Å². The third kappa shape index (κ3) is 2.58. The number of hydrogen-bond donors (Lipinski definition) is 1. The molecule has 0 bridgehead atoms. The van der Waals surface area contributed by atoms with Gasteiger partial charge in [-0.15, -0.1) is 0 Å². The summed E-state index contributed by atoms with van der Waals surface area (Å²) in [6, 6.07) is 6.62. The van der Waals surface area contributed by atoms with E-state index < -0.39 is 0 Å². The molecule has 2 aliphatic rings. The van der Waals surface area contributed by atoms with Gasteiger partial charge in [0.2, 0.25) is 5.91 Å². The molecule has 0 radical (unpaired) electrons. The monoisotopic (exact) mass is 341 g/mol. The molecule has 0 spiro atoms. The summed E-state index contributed by atoms with van der Waals surface area (Å²) >= 11 is 0. The standard InChI is InChI=1S/C17H19N5O3/c1-20-6-7-21-8-9-22(10-13(21)16(20)24)17(25)14-11-4-2-3-5-12(11)15(23)19-18-14/h2-5,13H,6-10H2,1H3,(H,19,23)/t13-/m1/s1. The number of likely N-dealkylation sites (N-methyl/N-ethyl adjacent to an activating group) is 1. The van der Waals surface area contributed by atoms with Crippen LogP contribution in [0.15, 0.2) is 29.1 Å². The molecule has 1 aromatic carbocycles. The van der Waals surface area contributed by atoms with Crippen LogP contribution >= 0.6 is 0 Å². The molecule has 4 rings (SSSR count). The van der Waals surface area contributed by atoms with Crippen LogP contribution in [0.1, 0.15) is 10.5 Å². The summed E-state index contributed by atoms with van der Waals surface area (Å²) in [5, 5.41) is 7.35. The summed E-state index contributed by atoms with van der Waals surface area (Å²) in [5.74, 6) is -0.212. The van der Waals surface area contributed by atoms with Gasteiger partial charge >= 0.3 is 0 Å². The lowest BCUT2D eigenvalue weighted by Gasteiger charge is -2.45. The van der Waals surface area contributed by atoms with Crippen molar-refractivity contribution < 1.29 is 9.59 Å². The molecule has 2 aliphatic heterocycles. The first-order valence-corrected chi connectivity index (χ1v) is 8.32. The maximum absolute atomic E-state index is 13.0. The normalized spacial score (nSPS) is 21.5. The van der Waals surface area contributed by atoms with E-state index in [1.165, 1.54) is 0 Å². The van der Waals surface area contributed by atoms with Crippen molar-refractivity contribution in [2.75, 3.05) is 39.8 Å². The van der Waals surface area contributed by atoms with Crippen molar-refractivity contribution in [1.82, 2.24) is 24.9 Å². The second-order valence-electron chi connectivity index (χ2n) is 6.51. The Bertz CT molecular complexity index is 909. The number of nitrogens with zero attached hydrogens (tertiary/aromatic N) is 4. The summed E-state index contributed by atoms with van der Waals surface area (Å²) in [4.78, 5) is 42.8. The van der Waals surface area contributed by atoms with E-state index in [-0.39, 0.29) is 29.1 Å². The molecule has 0 aliphatic carbocycles. The largest absolute Gasteiger partial charge is 0.343 e. The zero-order chi connectivity index (χ0) is 17.6. The lowest BCUT2D eigenvalue weighted by atomic mass is 10.1. The van der Waals surface area contributed by atoms with Crippen LogP contribution in [0.3, 0.4) is 0 Å². The van der Waals surface area contributed by atoms with Crippen LogP contribution in [-0.2, 0) is 4.79 Å². The Kier molecular flexibility index (Phi) is 3.76. The number of fused-ring (bicyclic) bond motifs is 2. The number of aromatic nitrogens is 2. The smallest absolute Gasteiger partial charge is 0.275 e. The highest BCUT2D eigenvalue weighted by Gasteiger charge is 2.39. The molecule has 1 aromatic heterocycles. The van der Waals surface area contributed by atoms with Crippen molar-refractivity contribution in [2.24, 2.45) is 0 Å². The number of aromatic amines is 1. The van der Waals surface area contributed by atoms with Gasteiger partial charge < -0.3 is 9.80 Å². The summed E-state index contributed by atoms with van der Waals surface area (Å²) in [5.41, 5.74) is -0.0960. The van der Waals surface area contributed by atoms with Gasteiger partial charge in [-0.25, -0.2) is 5.10 Å². The van der Waals surface area contributed by atoms with Gasteiger partial charge in [-0.1, -0.05) is 18.2 Å². The highest BCUT2D eigenvalue weighted by Crippen LogP contribution is 2.20. The first-order valence-electron chi connectivity index (χ1n) is 8.32. The zero-order valence-corrected chi connectivity index (χ0v) is 13.9. The van der Waals surface area contributed by atoms with Crippen molar-refractivity contribution in [2.45, 2.75) is 6.04 Å². The second-order valence-corrected chi connectivity index (χ2v) is 6.51. The van der Waals surface area contributed by atoms with Crippen LogP contribution in [0.5, 0.6) is 0 Å². The topological polar surface area (TPSA) is 89.6 Å². The van der Waals surface area contributed by atoms with Gasteiger partial charge in [-0.2, -0.15) is 5.10 Å². The lowest BCUT2D eigenvalue weighted by Crippen LogP contribution is -2.64. The minimum Gasteiger partial charge on any atom is -0.343 e.